The minimum absolute atomic E-state index is 0.160. The van der Waals surface area contributed by atoms with Gasteiger partial charge in [-0.25, -0.2) is 0 Å². The Morgan fingerprint density at radius 2 is 0.955 bits per heavy atom. The molecule has 0 bridgehead atoms. The smallest absolute Gasteiger partial charge is 0.0632 e. The maximum atomic E-state index is 2.61. The van der Waals surface area contributed by atoms with Gasteiger partial charge in [-0.3, -0.25) is 0 Å². The first kappa shape index (κ1) is 38.5. The van der Waals surface area contributed by atoms with Crippen molar-refractivity contribution < 1.29 is 0 Å². The summed E-state index contributed by atoms with van der Waals surface area (Å²) in [4.78, 5) is 2.61. The minimum atomic E-state index is 0.160. The van der Waals surface area contributed by atoms with Crippen molar-refractivity contribution in [3.63, 3.8) is 0 Å². The molecular formula is C64H48N2. The largest absolute Gasteiger partial charge is 0.333 e. The van der Waals surface area contributed by atoms with Gasteiger partial charge in [0.15, 0.2) is 0 Å². The highest BCUT2D eigenvalue weighted by atomic mass is 15.2. The van der Waals surface area contributed by atoms with Crippen LogP contribution in [0.15, 0.2) is 218 Å². The summed E-state index contributed by atoms with van der Waals surface area (Å²) >= 11 is 0. The average Bonchev–Trinajstić information content (AvgIpc) is 3.92. The van der Waals surface area contributed by atoms with Gasteiger partial charge >= 0.3 is 0 Å². The van der Waals surface area contributed by atoms with E-state index in [-0.39, 0.29) is 6.04 Å². The van der Waals surface area contributed by atoms with Crippen molar-refractivity contribution in [2.75, 3.05) is 4.90 Å². The lowest BCUT2D eigenvalue weighted by molar-refractivity contribution is 0.743. The molecule has 314 valence electrons. The first-order valence-electron chi connectivity index (χ1n) is 23.5. The number of allylic oxidation sites excluding steroid dienone is 4. The number of benzene rings is 10. The molecule has 0 radical (unpaired) electrons. The van der Waals surface area contributed by atoms with Crippen molar-refractivity contribution in [2.24, 2.45) is 0 Å². The van der Waals surface area contributed by atoms with Gasteiger partial charge in [0, 0.05) is 22.4 Å². The second-order valence-corrected chi connectivity index (χ2v) is 18.6. The van der Waals surface area contributed by atoms with E-state index in [0.717, 1.165) is 19.3 Å². The van der Waals surface area contributed by atoms with Crippen molar-refractivity contribution in [2.45, 2.75) is 39.2 Å². The van der Waals surface area contributed by atoms with Crippen LogP contribution < -0.4 is 4.90 Å². The molecule has 2 heterocycles. The Bertz CT molecular complexity index is 3680. The molecule has 1 unspecified atom stereocenters. The van der Waals surface area contributed by atoms with Crippen LogP contribution in [0.25, 0.3) is 87.5 Å². The molecule has 0 amide bonds. The van der Waals surface area contributed by atoms with Crippen molar-refractivity contribution in [1.29, 1.82) is 0 Å². The SMILES string of the molecule is CC1=CC=C(c2cc3cc4c(cc3n2-c2ccc(-c3c5ccccc5cc5ccccc35)cc2)CC(c2ccc(C)cc2)N4c2ccc(-c3c4ccccc4cc4ccccc34)cc2)CC1. The van der Waals surface area contributed by atoms with E-state index in [1.54, 1.807) is 0 Å². The summed E-state index contributed by atoms with van der Waals surface area (Å²) in [7, 11) is 0. The zero-order valence-corrected chi connectivity index (χ0v) is 37.3. The first-order chi connectivity index (χ1) is 32.5. The Balaban J connectivity index is 0.961. The Hall–Kier alpha value is -7.94. The molecule has 2 aliphatic rings. The standard InChI is InChI=1S/C64H48N2/c1-41-19-23-43(24-20-41)59-37-51-39-62-52(40-61(51)65(59)53-31-27-45(28-32-53)63-55-15-7-3-11-47(55)35-48-12-4-8-16-56(48)63)38-60(44-25-21-42(2)22-26-44)66(62)54-33-29-46(30-34-54)64-57-17-9-5-13-49(57)36-50-14-6-10-18-58(50)64/h3-21,23-25,27-36,38-40,59H,22,26,37H2,1-2H3. The Labute approximate surface area is 386 Å². The van der Waals surface area contributed by atoms with Crippen LogP contribution in [0.1, 0.15) is 48.2 Å². The lowest BCUT2D eigenvalue weighted by Gasteiger charge is -2.28. The molecule has 1 atom stereocenters. The highest BCUT2D eigenvalue weighted by Gasteiger charge is 2.33. The summed E-state index contributed by atoms with van der Waals surface area (Å²) in [6.07, 6.45) is 7.69. The van der Waals surface area contributed by atoms with Crippen molar-refractivity contribution >= 4 is 70.9 Å². The van der Waals surface area contributed by atoms with Crippen LogP contribution in [0.4, 0.5) is 11.4 Å². The number of hydrogen-bond donors (Lipinski definition) is 0. The molecule has 0 N–H and O–H groups in total. The fourth-order valence-corrected chi connectivity index (χ4v) is 11.2. The third-order valence-corrected chi connectivity index (χ3v) is 14.5. The van der Waals surface area contributed by atoms with Gasteiger partial charge < -0.3 is 9.47 Å². The molecule has 1 aliphatic heterocycles. The third-order valence-electron chi connectivity index (χ3n) is 14.5. The van der Waals surface area contributed by atoms with Gasteiger partial charge in [-0.05, 0) is 170 Å². The molecule has 10 aromatic carbocycles. The highest BCUT2D eigenvalue weighted by molar-refractivity contribution is 6.14. The normalized spacial score (nSPS) is 14.9. The predicted octanol–water partition coefficient (Wildman–Crippen LogP) is 17.4. The predicted molar refractivity (Wildman–Crippen MR) is 281 cm³/mol. The van der Waals surface area contributed by atoms with Crippen LogP contribution in [0, 0.1) is 6.92 Å². The molecule has 1 aliphatic carbocycles. The number of anilines is 2. The molecule has 0 fully saturated rings. The number of nitrogens with zero attached hydrogens (tertiary/aromatic N) is 2. The van der Waals surface area contributed by atoms with Gasteiger partial charge in [0.05, 0.1) is 17.3 Å². The van der Waals surface area contributed by atoms with Gasteiger partial charge in [-0.2, -0.15) is 0 Å². The van der Waals surface area contributed by atoms with E-state index < -0.39 is 0 Å². The number of hydrogen-bond acceptors (Lipinski definition) is 1. The maximum Gasteiger partial charge on any atom is 0.0632 e. The summed E-state index contributed by atoms with van der Waals surface area (Å²) in [5, 5.41) is 11.5. The summed E-state index contributed by atoms with van der Waals surface area (Å²) in [6.45, 7) is 4.43. The molecule has 2 heteroatoms. The van der Waals surface area contributed by atoms with Gasteiger partial charge in [0.2, 0.25) is 0 Å². The van der Waals surface area contributed by atoms with E-state index in [1.165, 1.54) is 127 Å². The van der Waals surface area contributed by atoms with Gasteiger partial charge in [0.1, 0.15) is 0 Å². The number of aromatic nitrogens is 1. The minimum Gasteiger partial charge on any atom is -0.333 e. The lowest BCUT2D eigenvalue weighted by atomic mass is 9.92. The van der Waals surface area contributed by atoms with Crippen molar-refractivity contribution in [3.8, 4) is 27.9 Å². The van der Waals surface area contributed by atoms with Gasteiger partial charge in [-0.15, -0.1) is 0 Å². The molecule has 0 saturated heterocycles. The molecule has 2 nitrogen and oxygen atoms in total. The number of aryl methyl sites for hydroxylation is 1. The molecule has 0 spiro atoms. The zero-order chi connectivity index (χ0) is 43.9. The Kier molecular flexibility index (Phi) is 8.96. The van der Waals surface area contributed by atoms with E-state index >= 15 is 0 Å². The van der Waals surface area contributed by atoms with E-state index in [2.05, 4.69) is 236 Å². The van der Waals surface area contributed by atoms with Gasteiger partial charge in [0.25, 0.3) is 0 Å². The van der Waals surface area contributed by atoms with Gasteiger partial charge in [-0.1, -0.05) is 169 Å². The molecule has 66 heavy (non-hydrogen) atoms. The number of fused-ring (bicyclic) bond motifs is 6. The van der Waals surface area contributed by atoms with Crippen LogP contribution in [0.3, 0.4) is 0 Å². The molecular weight excluding hydrogens is 797 g/mol. The molecule has 0 saturated carbocycles. The fourth-order valence-electron chi connectivity index (χ4n) is 11.2. The zero-order valence-electron chi connectivity index (χ0n) is 37.3. The van der Waals surface area contributed by atoms with Crippen molar-refractivity contribution in [3.05, 3.63) is 240 Å². The van der Waals surface area contributed by atoms with E-state index in [4.69, 9.17) is 0 Å². The third kappa shape index (κ3) is 6.31. The van der Waals surface area contributed by atoms with E-state index in [0.29, 0.717) is 0 Å². The van der Waals surface area contributed by atoms with Crippen LogP contribution >= 0.6 is 0 Å². The van der Waals surface area contributed by atoms with Crippen LogP contribution in [0.2, 0.25) is 0 Å². The quantitative estimate of drug-likeness (QED) is 0.151. The summed E-state index contributed by atoms with van der Waals surface area (Å²) < 4.78 is 2.54. The fraction of sp³-hybridized carbons (Fsp3) is 0.0938. The summed E-state index contributed by atoms with van der Waals surface area (Å²) in [5.74, 6) is 0. The highest BCUT2D eigenvalue weighted by Crippen LogP contribution is 2.49. The van der Waals surface area contributed by atoms with Crippen molar-refractivity contribution in [1.82, 2.24) is 4.57 Å². The Morgan fingerprint density at radius 3 is 1.47 bits per heavy atom. The van der Waals surface area contributed by atoms with Crippen LogP contribution in [0.5, 0.6) is 0 Å². The molecule has 13 rings (SSSR count). The van der Waals surface area contributed by atoms with Crippen LogP contribution in [-0.2, 0) is 6.42 Å². The molecule has 1 aromatic heterocycles. The maximum absolute atomic E-state index is 2.61. The topological polar surface area (TPSA) is 8.17 Å². The monoisotopic (exact) mass is 844 g/mol. The van der Waals surface area contributed by atoms with E-state index in [9.17, 15) is 0 Å². The average molecular weight is 845 g/mol. The first-order valence-corrected chi connectivity index (χ1v) is 23.5. The Morgan fingerprint density at radius 1 is 0.439 bits per heavy atom. The summed E-state index contributed by atoms with van der Waals surface area (Å²) in [5.41, 5.74) is 18.1. The van der Waals surface area contributed by atoms with Crippen LogP contribution in [-0.4, -0.2) is 4.57 Å². The summed E-state index contributed by atoms with van der Waals surface area (Å²) in [6, 6.07) is 75.4. The lowest BCUT2D eigenvalue weighted by Crippen LogP contribution is -2.19. The number of rotatable bonds is 6. The molecule has 11 aromatic rings. The second-order valence-electron chi connectivity index (χ2n) is 18.6. The van der Waals surface area contributed by atoms with E-state index in [1.807, 2.05) is 0 Å². The second kappa shape index (κ2) is 15.4.